The highest BCUT2D eigenvalue weighted by Gasteiger charge is 2.16. The zero-order valence-electron chi connectivity index (χ0n) is 17.9. The van der Waals surface area contributed by atoms with Gasteiger partial charge in [-0.25, -0.2) is 0 Å². The number of nitrogens with one attached hydrogen (secondary N) is 1. The fourth-order valence-corrected chi connectivity index (χ4v) is 3.68. The van der Waals surface area contributed by atoms with Crippen LogP contribution < -0.4 is 14.8 Å². The van der Waals surface area contributed by atoms with Crippen LogP contribution >= 0.6 is 23.4 Å². The van der Waals surface area contributed by atoms with Gasteiger partial charge in [-0.1, -0.05) is 23.4 Å². The number of nitrogens with zero attached hydrogens (tertiary/aromatic N) is 3. The van der Waals surface area contributed by atoms with E-state index in [4.69, 9.17) is 25.8 Å². The number of carbonyl (C=O) groups excluding carboxylic acids is 1. The van der Waals surface area contributed by atoms with Crippen molar-refractivity contribution in [3.8, 4) is 17.2 Å². The van der Waals surface area contributed by atoms with Crippen LogP contribution in [-0.2, 0) is 16.1 Å². The topological polar surface area (TPSA) is 87.5 Å². The molecule has 8 nitrogen and oxygen atoms in total. The van der Waals surface area contributed by atoms with Gasteiger partial charge in [0.1, 0.15) is 18.1 Å². The Bertz CT molecular complexity index is 996. The van der Waals surface area contributed by atoms with Gasteiger partial charge in [0, 0.05) is 24.4 Å². The summed E-state index contributed by atoms with van der Waals surface area (Å²) in [4.78, 5) is 12.1. The lowest BCUT2D eigenvalue weighted by Gasteiger charge is -2.12. The third-order valence-corrected chi connectivity index (χ3v) is 5.43. The highest BCUT2D eigenvalue weighted by Crippen LogP contribution is 2.25. The second kappa shape index (κ2) is 12.3. The minimum absolute atomic E-state index is 0.107. The monoisotopic (exact) mass is 476 g/mol. The number of hydrogen-bond acceptors (Lipinski definition) is 7. The molecule has 0 spiro atoms. The maximum absolute atomic E-state index is 12.1. The first-order chi connectivity index (χ1) is 15.6. The van der Waals surface area contributed by atoms with E-state index in [1.165, 1.54) is 11.8 Å². The van der Waals surface area contributed by atoms with Crippen LogP contribution in [0.3, 0.4) is 0 Å². The number of methoxy groups -OCH3 is 1. The number of aromatic nitrogens is 3. The Morgan fingerprint density at radius 2 is 1.75 bits per heavy atom. The minimum atomic E-state index is -0.107. The van der Waals surface area contributed by atoms with Crippen LogP contribution in [0.25, 0.3) is 5.69 Å². The molecular formula is C22H25ClN4O4S. The summed E-state index contributed by atoms with van der Waals surface area (Å²) in [5.41, 5.74) is 0.826. The van der Waals surface area contributed by atoms with Crippen molar-refractivity contribution in [3.05, 3.63) is 59.4 Å². The van der Waals surface area contributed by atoms with Crippen molar-refractivity contribution in [1.29, 1.82) is 0 Å². The zero-order chi connectivity index (χ0) is 22.8. The lowest BCUT2D eigenvalue weighted by molar-refractivity contribution is -0.118. The number of hydrogen-bond donors (Lipinski definition) is 1. The highest BCUT2D eigenvalue weighted by atomic mass is 35.5. The van der Waals surface area contributed by atoms with Crippen molar-refractivity contribution < 1.29 is 19.0 Å². The first-order valence-corrected chi connectivity index (χ1v) is 11.4. The van der Waals surface area contributed by atoms with Crippen LogP contribution in [-0.4, -0.2) is 53.3 Å². The Morgan fingerprint density at radius 1 is 1.06 bits per heavy atom. The molecule has 0 radical (unpaired) electrons. The van der Waals surface area contributed by atoms with E-state index < -0.39 is 0 Å². The number of ether oxygens (including phenoxy) is 3. The van der Waals surface area contributed by atoms with Crippen molar-refractivity contribution >= 4 is 29.3 Å². The molecule has 0 fully saturated rings. The summed E-state index contributed by atoms with van der Waals surface area (Å²) in [7, 11) is 1.59. The molecular weight excluding hydrogens is 452 g/mol. The predicted octanol–water partition coefficient (Wildman–Crippen LogP) is 3.75. The van der Waals surface area contributed by atoms with Crippen LogP contribution in [0, 0.1) is 0 Å². The van der Waals surface area contributed by atoms with Gasteiger partial charge in [-0.05, 0) is 55.5 Å². The van der Waals surface area contributed by atoms with Crippen molar-refractivity contribution in [1.82, 2.24) is 20.1 Å². The molecule has 0 aliphatic rings. The zero-order valence-corrected chi connectivity index (χ0v) is 19.5. The van der Waals surface area contributed by atoms with Crippen LogP contribution in [0.15, 0.2) is 53.7 Å². The molecule has 0 atom stereocenters. The van der Waals surface area contributed by atoms with E-state index in [0.29, 0.717) is 41.5 Å². The summed E-state index contributed by atoms with van der Waals surface area (Å²) in [6.45, 7) is 3.66. The van der Waals surface area contributed by atoms with Gasteiger partial charge < -0.3 is 19.5 Å². The molecule has 0 saturated heterocycles. The second-order valence-corrected chi connectivity index (χ2v) is 7.91. The van der Waals surface area contributed by atoms with Gasteiger partial charge in [-0.2, -0.15) is 0 Å². The third-order valence-electron chi connectivity index (χ3n) is 4.25. The molecule has 1 heterocycles. The lowest BCUT2D eigenvalue weighted by atomic mass is 10.3. The predicted molar refractivity (Wildman–Crippen MR) is 124 cm³/mol. The summed E-state index contributed by atoms with van der Waals surface area (Å²) in [6.07, 6.45) is 0. The smallest absolute Gasteiger partial charge is 0.230 e. The standard InChI is InChI=1S/C22H25ClN4O4S/c1-3-30-18-8-10-19(11-9-18)31-14-20-25-26-22(32-15-21(28)24-12-13-29-2)27(20)17-6-4-16(23)5-7-17/h4-11H,3,12-15H2,1-2H3,(H,24,28). The number of thioether (sulfide) groups is 1. The van der Waals surface area contributed by atoms with E-state index in [1.807, 2.05) is 47.9 Å². The first-order valence-electron chi connectivity index (χ1n) is 10.0. The summed E-state index contributed by atoms with van der Waals surface area (Å²) in [5.74, 6) is 2.17. The molecule has 3 aromatic rings. The van der Waals surface area contributed by atoms with Crippen molar-refractivity contribution in [2.75, 3.05) is 32.6 Å². The van der Waals surface area contributed by atoms with Crippen LogP contribution in [0.2, 0.25) is 5.02 Å². The highest BCUT2D eigenvalue weighted by molar-refractivity contribution is 7.99. The van der Waals surface area contributed by atoms with Crippen molar-refractivity contribution in [2.24, 2.45) is 0 Å². The minimum Gasteiger partial charge on any atom is -0.494 e. The van der Waals surface area contributed by atoms with Crippen LogP contribution in [0.4, 0.5) is 0 Å². The summed E-state index contributed by atoms with van der Waals surface area (Å²) in [6, 6.07) is 14.7. The third kappa shape index (κ3) is 6.88. The van der Waals surface area contributed by atoms with E-state index in [0.717, 1.165) is 11.4 Å². The van der Waals surface area contributed by atoms with E-state index in [1.54, 1.807) is 19.2 Å². The molecule has 0 aliphatic carbocycles. The average molecular weight is 477 g/mol. The van der Waals surface area contributed by atoms with Gasteiger partial charge >= 0.3 is 0 Å². The molecule has 0 aliphatic heterocycles. The summed E-state index contributed by atoms with van der Waals surface area (Å²) in [5, 5.41) is 12.6. The lowest BCUT2D eigenvalue weighted by Crippen LogP contribution is -2.28. The molecule has 0 bridgehead atoms. The van der Waals surface area contributed by atoms with Gasteiger partial charge in [0.05, 0.1) is 19.0 Å². The fraction of sp³-hybridized carbons (Fsp3) is 0.318. The van der Waals surface area contributed by atoms with E-state index >= 15 is 0 Å². The van der Waals surface area contributed by atoms with Crippen molar-refractivity contribution in [3.63, 3.8) is 0 Å². The van der Waals surface area contributed by atoms with E-state index in [-0.39, 0.29) is 18.3 Å². The molecule has 170 valence electrons. The summed E-state index contributed by atoms with van der Waals surface area (Å²) < 4.78 is 18.2. The van der Waals surface area contributed by atoms with E-state index in [9.17, 15) is 4.79 Å². The Morgan fingerprint density at radius 3 is 2.41 bits per heavy atom. The molecule has 3 rings (SSSR count). The normalized spacial score (nSPS) is 10.7. The quantitative estimate of drug-likeness (QED) is 0.314. The Balaban J connectivity index is 1.73. The molecule has 1 aromatic heterocycles. The SMILES string of the molecule is CCOc1ccc(OCc2nnc(SCC(=O)NCCOC)n2-c2ccc(Cl)cc2)cc1. The first kappa shape index (κ1) is 23.9. The molecule has 1 amide bonds. The summed E-state index contributed by atoms with van der Waals surface area (Å²) >= 11 is 7.34. The number of carbonyl (C=O) groups is 1. The van der Waals surface area contributed by atoms with E-state index in [2.05, 4.69) is 15.5 Å². The molecule has 32 heavy (non-hydrogen) atoms. The second-order valence-electron chi connectivity index (χ2n) is 6.54. The number of rotatable bonds is 12. The van der Waals surface area contributed by atoms with Crippen LogP contribution in [0.1, 0.15) is 12.7 Å². The molecule has 2 aromatic carbocycles. The van der Waals surface area contributed by atoms with Crippen molar-refractivity contribution in [2.45, 2.75) is 18.7 Å². The Labute approximate surface area is 196 Å². The van der Waals surface area contributed by atoms with Crippen LogP contribution in [0.5, 0.6) is 11.5 Å². The number of amides is 1. The number of benzene rings is 2. The maximum atomic E-state index is 12.1. The number of halogens is 1. The Hall–Kier alpha value is -2.75. The molecule has 1 N–H and O–H groups in total. The molecule has 10 heteroatoms. The van der Waals surface area contributed by atoms with Gasteiger partial charge in [-0.15, -0.1) is 10.2 Å². The molecule has 0 saturated carbocycles. The van der Waals surface area contributed by atoms with Gasteiger partial charge in [0.2, 0.25) is 5.91 Å². The largest absolute Gasteiger partial charge is 0.494 e. The fourth-order valence-electron chi connectivity index (χ4n) is 2.76. The van der Waals surface area contributed by atoms with Gasteiger partial charge in [0.15, 0.2) is 11.0 Å². The van der Waals surface area contributed by atoms with Gasteiger partial charge in [-0.3, -0.25) is 9.36 Å². The maximum Gasteiger partial charge on any atom is 0.230 e. The van der Waals surface area contributed by atoms with Gasteiger partial charge in [0.25, 0.3) is 0 Å². The average Bonchev–Trinajstić information content (AvgIpc) is 3.21. The Kier molecular flexibility index (Phi) is 9.21. The molecule has 0 unspecified atom stereocenters.